The Bertz CT molecular complexity index is 1550. The minimum atomic E-state index is -3.68. The van der Waals surface area contributed by atoms with Crippen LogP contribution in [0.15, 0.2) is 90.0 Å². The number of hydrogen-bond acceptors (Lipinski definition) is 4. The van der Waals surface area contributed by atoms with Gasteiger partial charge in [-0.2, -0.15) is 5.10 Å². The maximum Gasteiger partial charge on any atom is 0.273 e. The Morgan fingerprint density at radius 3 is 2.32 bits per heavy atom. The second kappa shape index (κ2) is 10.8. The molecule has 7 nitrogen and oxygen atoms in total. The lowest BCUT2D eigenvalue weighted by Gasteiger charge is -2.24. The first-order valence-electron chi connectivity index (χ1n) is 11.5. The third-order valence-electron chi connectivity index (χ3n) is 5.91. The van der Waals surface area contributed by atoms with Gasteiger partial charge < -0.3 is 4.57 Å². The van der Waals surface area contributed by atoms with Crippen LogP contribution in [0.2, 0.25) is 0 Å². The van der Waals surface area contributed by atoms with Crippen molar-refractivity contribution in [3.8, 4) is 5.69 Å². The molecule has 0 aliphatic carbocycles. The van der Waals surface area contributed by atoms with E-state index in [1.807, 2.05) is 54.8 Å². The molecule has 1 aromatic heterocycles. The molecule has 190 valence electrons. The molecule has 0 atom stereocenters. The Morgan fingerprint density at radius 1 is 1.00 bits per heavy atom. The number of anilines is 1. The zero-order valence-corrected chi connectivity index (χ0v) is 21.5. The summed E-state index contributed by atoms with van der Waals surface area (Å²) in [6.07, 6.45) is 2.64. The number of rotatable bonds is 8. The molecule has 37 heavy (non-hydrogen) atoms. The maximum atomic E-state index is 13.3. The van der Waals surface area contributed by atoms with Gasteiger partial charge in [-0.15, -0.1) is 0 Å². The molecule has 9 heteroatoms. The number of nitrogens with zero attached hydrogens (tertiary/aromatic N) is 3. The monoisotopic (exact) mass is 518 g/mol. The zero-order chi connectivity index (χ0) is 26.6. The van der Waals surface area contributed by atoms with Crippen LogP contribution in [-0.4, -0.2) is 31.4 Å². The number of aryl methyl sites for hydroxylation is 1. The minimum absolute atomic E-state index is 0.0859. The fourth-order valence-electron chi connectivity index (χ4n) is 4.14. The van der Waals surface area contributed by atoms with Gasteiger partial charge in [0.1, 0.15) is 5.82 Å². The van der Waals surface area contributed by atoms with E-state index in [9.17, 15) is 17.6 Å². The Hall–Kier alpha value is -4.24. The van der Waals surface area contributed by atoms with Gasteiger partial charge in [-0.1, -0.05) is 42.5 Å². The van der Waals surface area contributed by atoms with Crippen molar-refractivity contribution in [3.63, 3.8) is 0 Å². The molecule has 0 spiro atoms. The van der Waals surface area contributed by atoms with Crippen LogP contribution in [0.3, 0.4) is 0 Å². The Kier molecular flexibility index (Phi) is 7.54. The summed E-state index contributed by atoms with van der Waals surface area (Å²) in [6.45, 7) is 3.92. The van der Waals surface area contributed by atoms with Gasteiger partial charge >= 0.3 is 0 Å². The van der Waals surface area contributed by atoms with Crippen LogP contribution in [-0.2, 0) is 16.6 Å². The summed E-state index contributed by atoms with van der Waals surface area (Å²) in [5.41, 5.74) is 7.12. The first-order valence-corrected chi connectivity index (χ1v) is 13.4. The third kappa shape index (κ3) is 5.95. The molecule has 0 fully saturated rings. The van der Waals surface area contributed by atoms with Gasteiger partial charge in [-0.25, -0.2) is 18.2 Å². The zero-order valence-electron chi connectivity index (χ0n) is 20.7. The van der Waals surface area contributed by atoms with Gasteiger partial charge in [0.15, 0.2) is 0 Å². The second-order valence-corrected chi connectivity index (χ2v) is 10.5. The minimum Gasteiger partial charge on any atom is -0.318 e. The van der Waals surface area contributed by atoms with Gasteiger partial charge in [0.05, 0.1) is 30.3 Å². The average Bonchev–Trinajstić information content (AvgIpc) is 3.15. The number of halogens is 1. The van der Waals surface area contributed by atoms with E-state index in [1.54, 1.807) is 36.4 Å². The highest BCUT2D eigenvalue weighted by atomic mass is 32.2. The first-order chi connectivity index (χ1) is 17.6. The number of hydrogen-bond donors (Lipinski definition) is 1. The van der Waals surface area contributed by atoms with E-state index in [-0.39, 0.29) is 23.6 Å². The fraction of sp³-hybridized carbons (Fsp3) is 0.143. The van der Waals surface area contributed by atoms with Gasteiger partial charge in [-0.05, 0) is 61.9 Å². The third-order valence-corrected chi connectivity index (χ3v) is 7.04. The average molecular weight is 519 g/mol. The summed E-state index contributed by atoms with van der Waals surface area (Å²) in [6, 6.07) is 23.8. The number of carbonyl (C=O) groups is 1. The molecule has 0 saturated carbocycles. The smallest absolute Gasteiger partial charge is 0.273 e. The van der Waals surface area contributed by atoms with Crippen molar-refractivity contribution in [1.82, 2.24) is 9.99 Å². The van der Waals surface area contributed by atoms with Crippen LogP contribution < -0.4 is 9.73 Å². The molecule has 4 rings (SSSR count). The highest BCUT2D eigenvalue weighted by Gasteiger charge is 2.23. The van der Waals surface area contributed by atoms with Crippen LogP contribution in [0.5, 0.6) is 0 Å². The molecule has 0 aliphatic heterocycles. The van der Waals surface area contributed by atoms with Crippen LogP contribution in [0, 0.1) is 19.7 Å². The molecule has 3 aromatic carbocycles. The summed E-state index contributed by atoms with van der Waals surface area (Å²) in [4.78, 5) is 13.1. The summed E-state index contributed by atoms with van der Waals surface area (Å²) in [5.74, 6) is -0.852. The topological polar surface area (TPSA) is 83.8 Å². The van der Waals surface area contributed by atoms with Crippen LogP contribution in [0.25, 0.3) is 5.69 Å². The standard InChI is InChI=1S/C28H27FN4O3S/c1-20-17-23(21(2)33(20)25-15-13-24(29)14-16-25)18-30-31-28(34)26-11-7-8-12-27(26)32(37(3,35)36)19-22-9-5-4-6-10-22/h4-18H,19H2,1-3H3,(H,31,34)/b30-18-. The second-order valence-electron chi connectivity index (χ2n) is 8.61. The van der Waals surface area contributed by atoms with Gasteiger partial charge in [-0.3, -0.25) is 9.10 Å². The lowest BCUT2D eigenvalue weighted by molar-refractivity contribution is 0.0955. The molecular weight excluding hydrogens is 491 g/mol. The van der Waals surface area contributed by atoms with Gasteiger partial charge in [0.2, 0.25) is 10.0 Å². The number of amides is 1. The highest BCUT2D eigenvalue weighted by molar-refractivity contribution is 7.92. The van der Waals surface area contributed by atoms with Crippen molar-refractivity contribution >= 4 is 27.8 Å². The number of benzene rings is 3. The van der Waals surface area contributed by atoms with Gasteiger partial charge in [0.25, 0.3) is 5.91 Å². The molecule has 0 aliphatic rings. The van der Waals surface area contributed by atoms with Crippen LogP contribution >= 0.6 is 0 Å². The molecule has 0 unspecified atom stereocenters. The molecule has 1 heterocycles. The largest absolute Gasteiger partial charge is 0.318 e. The number of sulfonamides is 1. The predicted octanol–water partition coefficient (Wildman–Crippen LogP) is 4.96. The molecule has 0 radical (unpaired) electrons. The molecule has 0 bridgehead atoms. The van der Waals surface area contributed by atoms with Crippen LogP contribution in [0.1, 0.15) is 32.9 Å². The van der Waals surface area contributed by atoms with Crippen molar-refractivity contribution in [2.24, 2.45) is 5.10 Å². The van der Waals surface area contributed by atoms with Crippen molar-refractivity contribution < 1.29 is 17.6 Å². The van der Waals surface area contributed by atoms with Crippen LogP contribution in [0.4, 0.5) is 10.1 Å². The van der Waals surface area contributed by atoms with E-state index in [2.05, 4.69) is 10.5 Å². The van der Waals surface area contributed by atoms with Crippen molar-refractivity contribution in [3.05, 3.63) is 119 Å². The molecule has 1 amide bonds. The summed E-state index contributed by atoms with van der Waals surface area (Å²) >= 11 is 0. The fourth-order valence-corrected chi connectivity index (χ4v) is 5.04. The molecule has 4 aromatic rings. The number of para-hydroxylation sites is 1. The number of carbonyl (C=O) groups excluding carboxylic acids is 1. The molecule has 0 saturated heterocycles. The number of aromatic nitrogens is 1. The normalized spacial score (nSPS) is 11.6. The Morgan fingerprint density at radius 2 is 1.65 bits per heavy atom. The Labute approximate surface area is 215 Å². The quantitative estimate of drug-likeness (QED) is 0.264. The molecular formula is C28H27FN4O3S. The van der Waals surface area contributed by atoms with Gasteiger partial charge in [0, 0.05) is 22.6 Å². The number of hydrazone groups is 1. The van der Waals surface area contributed by atoms with Crippen molar-refractivity contribution in [1.29, 1.82) is 0 Å². The maximum absolute atomic E-state index is 13.3. The highest BCUT2D eigenvalue weighted by Crippen LogP contribution is 2.25. The van der Waals surface area contributed by atoms with E-state index in [1.165, 1.54) is 22.7 Å². The lowest BCUT2D eigenvalue weighted by atomic mass is 10.1. The Balaban J connectivity index is 1.57. The first kappa shape index (κ1) is 25.8. The number of nitrogens with one attached hydrogen (secondary N) is 1. The van der Waals surface area contributed by atoms with Crippen molar-refractivity contribution in [2.75, 3.05) is 10.6 Å². The van der Waals surface area contributed by atoms with Crippen molar-refractivity contribution in [2.45, 2.75) is 20.4 Å². The summed E-state index contributed by atoms with van der Waals surface area (Å²) in [5, 5.41) is 4.12. The van der Waals surface area contributed by atoms with E-state index >= 15 is 0 Å². The van der Waals surface area contributed by atoms with E-state index in [4.69, 9.17) is 0 Å². The predicted molar refractivity (Wildman–Crippen MR) is 144 cm³/mol. The lowest BCUT2D eigenvalue weighted by Crippen LogP contribution is -2.32. The summed E-state index contributed by atoms with van der Waals surface area (Å²) < 4.78 is 41.8. The van der Waals surface area contributed by atoms with E-state index in [0.717, 1.165) is 34.5 Å². The molecule has 1 N–H and O–H groups in total. The van der Waals surface area contributed by atoms with E-state index < -0.39 is 15.9 Å². The SMILES string of the molecule is Cc1cc(/C=N\NC(=O)c2ccccc2N(Cc2ccccc2)S(C)(=O)=O)c(C)n1-c1ccc(F)cc1. The summed E-state index contributed by atoms with van der Waals surface area (Å²) in [7, 11) is -3.68. The van der Waals surface area contributed by atoms with E-state index in [0.29, 0.717) is 0 Å².